The van der Waals surface area contributed by atoms with Crippen LogP contribution in [0.3, 0.4) is 0 Å². The Morgan fingerprint density at radius 2 is 1.83 bits per heavy atom. The molecule has 4 nitrogen and oxygen atoms in total. The molecular weight excluding hydrogens is 366 g/mol. The Bertz CT molecular complexity index is 728. The molecule has 0 radical (unpaired) electrons. The summed E-state index contributed by atoms with van der Waals surface area (Å²) in [6, 6.07) is 13.7. The lowest BCUT2D eigenvalue weighted by Crippen LogP contribution is -2.31. The summed E-state index contributed by atoms with van der Waals surface area (Å²) >= 11 is 3.41. The second-order valence-electron chi connectivity index (χ2n) is 6.02. The molecule has 0 fully saturated rings. The SMILES string of the molecule is CCC(O)(CN=C(N)Nc1ccc(C)c(C)c1)c1ccc(Br)cc1. The van der Waals surface area contributed by atoms with E-state index in [2.05, 4.69) is 40.1 Å². The van der Waals surface area contributed by atoms with E-state index in [1.54, 1.807) is 0 Å². The Balaban J connectivity index is 2.11. The third kappa shape index (κ3) is 4.58. The molecule has 0 saturated carbocycles. The van der Waals surface area contributed by atoms with E-state index in [4.69, 9.17) is 5.73 Å². The van der Waals surface area contributed by atoms with E-state index in [0.29, 0.717) is 12.4 Å². The molecule has 1 atom stereocenters. The smallest absolute Gasteiger partial charge is 0.193 e. The number of rotatable bonds is 5. The lowest BCUT2D eigenvalue weighted by atomic mass is 9.91. The topological polar surface area (TPSA) is 70.6 Å². The number of hydrogen-bond acceptors (Lipinski definition) is 2. The van der Waals surface area contributed by atoms with Crippen LogP contribution in [0.2, 0.25) is 0 Å². The number of nitrogens with one attached hydrogen (secondary N) is 1. The van der Waals surface area contributed by atoms with Crippen molar-refractivity contribution in [2.45, 2.75) is 32.8 Å². The summed E-state index contributed by atoms with van der Waals surface area (Å²) < 4.78 is 0.976. The van der Waals surface area contributed by atoms with Crippen molar-refractivity contribution in [3.8, 4) is 0 Å². The van der Waals surface area contributed by atoms with Crippen LogP contribution in [-0.4, -0.2) is 17.6 Å². The van der Waals surface area contributed by atoms with Gasteiger partial charge in [-0.1, -0.05) is 41.1 Å². The zero-order chi connectivity index (χ0) is 17.7. The van der Waals surface area contributed by atoms with Crippen molar-refractivity contribution in [3.05, 3.63) is 63.6 Å². The van der Waals surface area contributed by atoms with Gasteiger partial charge in [0.1, 0.15) is 5.60 Å². The van der Waals surface area contributed by atoms with Crippen LogP contribution >= 0.6 is 15.9 Å². The minimum atomic E-state index is -1.03. The van der Waals surface area contributed by atoms with Crippen LogP contribution < -0.4 is 11.1 Å². The molecule has 0 amide bonds. The summed E-state index contributed by atoms with van der Waals surface area (Å²) in [5.74, 6) is 0.294. The molecule has 0 aliphatic carbocycles. The fourth-order valence-electron chi connectivity index (χ4n) is 2.39. The number of hydrogen-bond donors (Lipinski definition) is 3. The number of nitrogens with zero attached hydrogens (tertiary/aromatic N) is 1. The molecule has 4 N–H and O–H groups in total. The van der Waals surface area contributed by atoms with E-state index >= 15 is 0 Å². The Morgan fingerprint density at radius 3 is 2.42 bits per heavy atom. The van der Waals surface area contributed by atoms with E-state index in [-0.39, 0.29) is 6.54 Å². The number of aliphatic imine (C=N–C) groups is 1. The predicted octanol–water partition coefficient (Wildman–Crippen LogP) is 4.09. The molecule has 0 aliphatic rings. The molecule has 2 aromatic rings. The lowest BCUT2D eigenvalue weighted by molar-refractivity contribution is 0.0424. The van der Waals surface area contributed by atoms with Gasteiger partial charge in [0.25, 0.3) is 0 Å². The van der Waals surface area contributed by atoms with Gasteiger partial charge in [0, 0.05) is 10.2 Å². The monoisotopic (exact) mass is 389 g/mol. The second kappa shape index (κ2) is 7.81. The van der Waals surface area contributed by atoms with Crippen LogP contribution in [0, 0.1) is 13.8 Å². The maximum absolute atomic E-state index is 10.9. The van der Waals surface area contributed by atoms with Gasteiger partial charge in [-0.05, 0) is 61.2 Å². The molecule has 1 unspecified atom stereocenters. The van der Waals surface area contributed by atoms with Gasteiger partial charge in [-0.2, -0.15) is 0 Å². The average molecular weight is 390 g/mol. The van der Waals surface area contributed by atoms with Gasteiger partial charge in [-0.25, -0.2) is 4.99 Å². The zero-order valence-electron chi connectivity index (χ0n) is 14.3. The Hall–Kier alpha value is -1.85. The first-order valence-electron chi connectivity index (χ1n) is 7.96. The normalized spacial score (nSPS) is 14.3. The van der Waals surface area contributed by atoms with Crippen molar-refractivity contribution < 1.29 is 5.11 Å². The standard InChI is InChI=1S/C19H24BrN3O/c1-4-19(24,15-6-8-16(20)9-7-15)12-22-18(21)23-17-10-5-13(2)14(3)11-17/h5-11,24H,4,12H2,1-3H3,(H3,21,22,23). The van der Waals surface area contributed by atoms with E-state index in [9.17, 15) is 5.11 Å². The van der Waals surface area contributed by atoms with Gasteiger partial charge >= 0.3 is 0 Å². The number of nitrogens with two attached hydrogens (primary N) is 1. The Labute approximate surface area is 151 Å². The average Bonchev–Trinajstić information content (AvgIpc) is 2.57. The summed E-state index contributed by atoms with van der Waals surface area (Å²) in [7, 11) is 0. The minimum absolute atomic E-state index is 0.203. The fourth-order valence-corrected chi connectivity index (χ4v) is 2.65. The number of benzene rings is 2. The molecule has 2 rings (SSSR count). The molecule has 128 valence electrons. The zero-order valence-corrected chi connectivity index (χ0v) is 15.9. The highest BCUT2D eigenvalue weighted by Gasteiger charge is 2.26. The Morgan fingerprint density at radius 1 is 1.17 bits per heavy atom. The van der Waals surface area contributed by atoms with Crippen molar-refractivity contribution in [2.24, 2.45) is 10.7 Å². The molecule has 0 saturated heterocycles. The second-order valence-corrected chi connectivity index (χ2v) is 6.93. The number of halogens is 1. The van der Waals surface area contributed by atoms with Crippen molar-refractivity contribution in [1.82, 2.24) is 0 Å². The summed E-state index contributed by atoms with van der Waals surface area (Å²) in [4.78, 5) is 4.33. The van der Waals surface area contributed by atoms with Crippen molar-refractivity contribution in [2.75, 3.05) is 11.9 Å². The van der Waals surface area contributed by atoms with Gasteiger partial charge in [0.15, 0.2) is 5.96 Å². The van der Waals surface area contributed by atoms with Gasteiger partial charge in [-0.3, -0.25) is 0 Å². The van der Waals surface area contributed by atoms with E-state index < -0.39 is 5.60 Å². The Kier molecular flexibility index (Phi) is 6.02. The number of aryl methyl sites for hydroxylation is 2. The van der Waals surface area contributed by atoms with Crippen molar-refractivity contribution in [3.63, 3.8) is 0 Å². The molecule has 5 heteroatoms. The summed E-state index contributed by atoms with van der Waals surface area (Å²) in [5.41, 5.74) is 9.08. The molecule has 0 aliphatic heterocycles. The molecular formula is C19H24BrN3O. The number of aliphatic hydroxyl groups is 1. The van der Waals surface area contributed by atoms with Crippen molar-refractivity contribution >= 4 is 27.6 Å². The third-order valence-corrected chi connectivity index (χ3v) is 4.79. The molecule has 0 bridgehead atoms. The van der Waals surface area contributed by atoms with Gasteiger partial charge in [-0.15, -0.1) is 0 Å². The maximum Gasteiger partial charge on any atom is 0.193 e. The van der Waals surface area contributed by atoms with Crippen LogP contribution in [0.1, 0.15) is 30.0 Å². The van der Waals surface area contributed by atoms with E-state index in [1.165, 1.54) is 11.1 Å². The fraction of sp³-hybridized carbons (Fsp3) is 0.316. The highest BCUT2D eigenvalue weighted by atomic mass is 79.9. The van der Waals surface area contributed by atoms with Gasteiger partial charge < -0.3 is 16.2 Å². The molecule has 0 heterocycles. The molecule has 2 aromatic carbocycles. The lowest BCUT2D eigenvalue weighted by Gasteiger charge is -2.25. The van der Waals surface area contributed by atoms with Gasteiger partial charge in [0.2, 0.25) is 0 Å². The van der Waals surface area contributed by atoms with Crippen LogP contribution in [-0.2, 0) is 5.60 Å². The van der Waals surface area contributed by atoms with Gasteiger partial charge in [0.05, 0.1) is 6.54 Å². The van der Waals surface area contributed by atoms with Crippen LogP contribution in [0.4, 0.5) is 5.69 Å². The quantitative estimate of drug-likeness (QED) is 0.532. The van der Waals surface area contributed by atoms with Crippen LogP contribution in [0.15, 0.2) is 51.9 Å². The first-order chi connectivity index (χ1) is 11.3. The summed E-state index contributed by atoms with van der Waals surface area (Å²) in [6.45, 7) is 6.26. The van der Waals surface area contributed by atoms with E-state index in [0.717, 1.165) is 15.7 Å². The molecule has 24 heavy (non-hydrogen) atoms. The van der Waals surface area contributed by atoms with Crippen LogP contribution in [0.5, 0.6) is 0 Å². The van der Waals surface area contributed by atoms with Crippen LogP contribution in [0.25, 0.3) is 0 Å². The highest BCUT2D eigenvalue weighted by Crippen LogP contribution is 2.26. The first-order valence-corrected chi connectivity index (χ1v) is 8.76. The van der Waals surface area contributed by atoms with Crippen molar-refractivity contribution in [1.29, 1.82) is 0 Å². The molecule has 0 spiro atoms. The summed E-state index contributed by atoms with van der Waals surface area (Å²) in [6.07, 6.45) is 0.551. The number of guanidine groups is 1. The maximum atomic E-state index is 10.9. The van der Waals surface area contributed by atoms with E-state index in [1.807, 2.05) is 49.4 Å². The predicted molar refractivity (Wildman–Crippen MR) is 104 cm³/mol. The third-order valence-electron chi connectivity index (χ3n) is 4.26. The minimum Gasteiger partial charge on any atom is -0.383 e. The highest BCUT2D eigenvalue weighted by molar-refractivity contribution is 9.10. The number of anilines is 1. The summed E-state index contributed by atoms with van der Waals surface area (Å²) in [5, 5.41) is 13.9. The molecule has 0 aromatic heterocycles. The largest absolute Gasteiger partial charge is 0.383 e. The first kappa shape index (κ1) is 18.5.